The molecule has 0 aromatic heterocycles. The van der Waals surface area contributed by atoms with Crippen molar-refractivity contribution >= 4 is 23.4 Å². The summed E-state index contributed by atoms with van der Waals surface area (Å²) in [5, 5.41) is 2.22. The first-order valence-electron chi connectivity index (χ1n) is 5.59. The molecule has 0 bridgehead atoms. The first-order chi connectivity index (χ1) is 8.84. The lowest BCUT2D eigenvalue weighted by molar-refractivity contribution is 0.224. The molecule has 2 aromatic carbocycles. The predicted octanol–water partition coefficient (Wildman–Crippen LogP) is 5.03. The molecule has 0 unspecified atom stereocenters. The van der Waals surface area contributed by atoms with Gasteiger partial charge in [0.2, 0.25) is 0 Å². The Bertz CT molecular complexity index is 496. The molecule has 92 valence electrons. The maximum Gasteiger partial charge on any atom is 0.193 e. The van der Waals surface area contributed by atoms with Crippen LogP contribution in [0.25, 0.3) is 0 Å². The van der Waals surface area contributed by atoms with Crippen molar-refractivity contribution in [3.63, 3.8) is 0 Å². The molecule has 0 aliphatic rings. The fraction of sp³-hybridized carbons (Fsp3) is 0.0667. The Morgan fingerprint density at radius 1 is 1.00 bits per heavy atom. The molecule has 0 aliphatic carbocycles. The highest BCUT2D eigenvalue weighted by Crippen LogP contribution is 2.22. The van der Waals surface area contributed by atoms with Crippen LogP contribution in [0.2, 0.25) is 0 Å². The summed E-state index contributed by atoms with van der Waals surface area (Å²) >= 11 is 7.54. The van der Waals surface area contributed by atoms with E-state index in [1.165, 1.54) is 0 Å². The zero-order chi connectivity index (χ0) is 12.6. The fourth-order valence-corrected chi connectivity index (χ4v) is 2.17. The lowest BCUT2D eigenvalue weighted by Crippen LogP contribution is -1.88. The molecule has 3 heteroatoms. The molecule has 0 saturated heterocycles. The van der Waals surface area contributed by atoms with Crippen LogP contribution in [0, 0.1) is 0 Å². The lowest BCUT2D eigenvalue weighted by Gasteiger charge is -2.04. The van der Waals surface area contributed by atoms with Crippen LogP contribution in [0.15, 0.2) is 76.2 Å². The number of ether oxygens (including phenoxy) is 1. The van der Waals surface area contributed by atoms with E-state index in [1.807, 2.05) is 60.7 Å². The number of halogens is 1. The van der Waals surface area contributed by atoms with Gasteiger partial charge >= 0.3 is 0 Å². The van der Waals surface area contributed by atoms with Gasteiger partial charge in [-0.25, -0.2) is 0 Å². The molecule has 2 aromatic rings. The van der Waals surface area contributed by atoms with Gasteiger partial charge < -0.3 is 4.74 Å². The number of rotatable bonds is 5. The van der Waals surface area contributed by atoms with Crippen LogP contribution in [0.5, 0.6) is 0 Å². The second-order valence-corrected chi connectivity index (χ2v) is 4.94. The average molecular weight is 277 g/mol. The molecule has 18 heavy (non-hydrogen) atoms. The third kappa shape index (κ3) is 4.47. The number of benzene rings is 2. The van der Waals surface area contributed by atoms with E-state index in [1.54, 1.807) is 17.2 Å². The molecular formula is C15H13ClOS. The highest BCUT2D eigenvalue weighted by Gasteiger charge is 1.96. The van der Waals surface area contributed by atoms with Gasteiger partial charge in [0.1, 0.15) is 6.61 Å². The minimum atomic E-state index is 0.410. The van der Waals surface area contributed by atoms with Crippen LogP contribution >= 0.6 is 23.4 Å². The minimum absolute atomic E-state index is 0.410. The van der Waals surface area contributed by atoms with Crippen molar-refractivity contribution in [2.75, 3.05) is 0 Å². The monoisotopic (exact) mass is 276 g/mol. The van der Waals surface area contributed by atoms with Gasteiger partial charge in [0, 0.05) is 10.3 Å². The predicted molar refractivity (Wildman–Crippen MR) is 77.5 cm³/mol. The molecule has 2 rings (SSSR count). The van der Waals surface area contributed by atoms with E-state index in [-0.39, 0.29) is 0 Å². The Kier molecular flexibility index (Phi) is 5.18. The van der Waals surface area contributed by atoms with Gasteiger partial charge in [0.25, 0.3) is 0 Å². The molecule has 0 atom stereocenters. The van der Waals surface area contributed by atoms with Crippen molar-refractivity contribution in [3.8, 4) is 0 Å². The molecule has 0 spiro atoms. The van der Waals surface area contributed by atoms with Gasteiger partial charge in [-0.15, -0.1) is 0 Å². The smallest absolute Gasteiger partial charge is 0.193 e. The van der Waals surface area contributed by atoms with Crippen molar-refractivity contribution in [1.29, 1.82) is 0 Å². The van der Waals surface area contributed by atoms with E-state index >= 15 is 0 Å². The molecule has 0 radical (unpaired) electrons. The SMILES string of the molecule is Cl/C(=C/Sc1ccccc1)OCc1ccccc1. The summed E-state index contributed by atoms with van der Waals surface area (Å²) in [7, 11) is 0. The maximum atomic E-state index is 6.00. The second kappa shape index (κ2) is 7.14. The largest absolute Gasteiger partial charge is 0.478 e. The van der Waals surface area contributed by atoms with Gasteiger partial charge in [-0.05, 0) is 29.3 Å². The zero-order valence-corrected chi connectivity index (χ0v) is 11.3. The lowest BCUT2D eigenvalue weighted by atomic mass is 10.2. The Balaban J connectivity index is 1.83. The second-order valence-electron chi connectivity index (χ2n) is 3.63. The van der Waals surface area contributed by atoms with Crippen LogP contribution in [-0.4, -0.2) is 0 Å². The standard InChI is InChI=1S/C15H13ClOS/c16-15(12-18-14-9-5-2-6-10-14)17-11-13-7-3-1-4-8-13/h1-10,12H,11H2/b15-12-. The normalized spacial score (nSPS) is 11.3. The first kappa shape index (κ1) is 13.1. The highest BCUT2D eigenvalue weighted by molar-refractivity contribution is 8.02. The quantitative estimate of drug-likeness (QED) is 0.559. The summed E-state index contributed by atoms with van der Waals surface area (Å²) in [6.07, 6.45) is 0. The van der Waals surface area contributed by atoms with E-state index in [9.17, 15) is 0 Å². The molecule has 0 saturated carbocycles. The van der Waals surface area contributed by atoms with Gasteiger partial charge in [0.15, 0.2) is 5.22 Å². The number of hydrogen-bond acceptors (Lipinski definition) is 2. The summed E-state index contributed by atoms with van der Waals surface area (Å²) in [5.74, 6) is 0. The Labute approximate surface area is 116 Å². The van der Waals surface area contributed by atoms with E-state index < -0.39 is 0 Å². The zero-order valence-electron chi connectivity index (χ0n) is 9.75. The average Bonchev–Trinajstić information content (AvgIpc) is 2.45. The third-order valence-corrected chi connectivity index (χ3v) is 3.47. The molecule has 0 amide bonds. The van der Waals surface area contributed by atoms with Crippen LogP contribution < -0.4 is 0 Å². The van der Waals surface area contributed by atoms with Crippen molar-refractivity contribution in [2.45, 2.75) is 11.5 Å². The van der Waals surface area contributed by atoms with E-state index in [0.29, 0.717) is 11.8 Å². The van der Waals surface area contributed by atoms with Crippen molar-refractivity contribution < 1.29 is 4.74 Å². The first-order valence-corrected chi connectivity index (χ1v) is 6.84. The molecule has 0 fully saturated rings. The minimum Gasteiger partial charge on any atom is -0.478 e. The van der Waals surface area contributed by atoms with Crippen LogP contribution in [0.4, 0.5) is 0 Å². The Morgan fingerprint density at radius 3 is 2.28 bits per heavy atom. The summed E-state index contributed by atoms with van der Waals surface area (Å²) in [6.45, 7) is 0.492. The molecule has 0 aliphatic heterocycles. The third-order valence-electron chi connectivity index (χ3n) is 2.25. The Hall–Kier alpha value is -1.38. The van der Waals surface area contributed by atoms with Gasteiger partial charge in [-0.2, -0.15) is 0 Å². The maximum absolute atomic E-state index is 6.00. The highest BCUT2D eigenvalue weighted by atomic mass is 35.5. The molecule has 1 nitrogen and oxygen atoms in total. The van der Waals surface area contributed by atoms with E-state index in [0.717, 1.165) is 10.5 Å². The van der Waals surface area contributed by atoms with Crippen molar-refractivity contribution in [2.24, 2.45) is 0 Å². The fourth-order valence-electron chi connectivity index (χ4n) is 1.37. The summed E-state index contributed by atoms with van der Waals surface area (Å²) in [4.78, 5) is 1.14. The summed E-state index contributed by atoms with van der Waals surface area (Å²) < 4.78 is 5.46. The summed E-state index contributed by atoms with van der Waals surface area (Å²) in [6, 6.07) is 20.0. The van der Waals surface area contributed by atoms with Crippen LogP contribution in [0.1, 0.15) is 5.56 Å². The summed E-state index contributed by atoms with van der Waals surface area (Å²) in [5.41, 5.74) is 1.11. The van der Waals surface area contributed by atoms with E-state index in [2.05, 4.69) is 0 Å². The molecular weight excluding hydrogens is 264 g/mol. The Morgan fingerprint density at radius 2 is 1.61 bits per heavy atom. The van der Waals surface area contributed by atoms with Crippen molar-refractivity contribution in [1.82, 2.24) is 0 Å². The molecule has 0 heterocycles. The molecule has 0 N–H and O–H groups in total. The van der Waals surface area contributed by atoms with Gasteiger partial charge in [-0.1, -0.05) is 60.3 Å². The topological polar surface area (TPSA) is 9.23 Å². The van der Waals surface area contributed by atoms with E-state index in [4.69, 9.17) is 16.3 Å². The van der Waals surface area contributed by atoms with Crippen LogP contribution in [-0.2, 0) is 11.3 Å². The number of hydrogen-bond donors (Lipinski definition) is 0. The number of thioether (sulfide) groups is 1. The van der Waals surface area contributed by atoms with Crippen molar-refractivity contribution in [3.05, 3.63) is 76.9 Å². The van der Waals surface area contributed by atoms with Crippen LogP contribution in [0.3, 0.4) is 0 Å². The van der Waals surface area contributed by atoms with Gasteiger partial charge in [-0.3, -0.25) is 0 Å². The van der Waals surface area contributed by atoms with Gasteiger partial charge in [0.05, 0.1) is 0 Å².